The van der Waals surface area contributed by atoms with Gasteiger partial charge in [-0.2, -0.15) is 5.26 Å². The number of nitriles is 1. The summed E-state index contributed by atoms with van der Waals surface area (Å²) in [5.41, 5.74) is -1.88. The number of hydrogen-bond acceptors (Lipinski definition) is 3. The highest BCUT2D eigenvalue weighted by Gasteiger charge is 2.41. The molecule has 1 amide bonds. The van der Waals surface area contributed by atoms with Crippen LogP contribution in [-0.4, -0.2) is 36.4 Å². The smallest absolute Gasteiger partial charge is 0.409 e. The van der Waals surface area contributed by atoms with Crippen LogP contribution in [-0.2, 0) is 4.74 Å². The number of amides is 1. The molecular formula is C8H11FN2O2. The van der Waals surface area contributed by atoms with Gasteiger partial charge in [-0.05, 0) is 6.92 Å². The summed E-state index contributed by atoms with van der Waals surface area (Å²) in [6.07, 6.45) is -0.472. The van der Waals surface area contributed by atoms with E-state index in [1.807, 2.05) is 0 Å². The standard InChI is InChI=1S/C8H11FN2O2/c1-2-13-7(12)11-4-3-8(9,5-10)6-11/h2-4,6H2,1H3. The number of rotatable bonds is 1. The summed E-state index contributed by atoms with van der Waals surface area (Å²) in [5.74, 6) is 0. The molecule has 0 aliphatic carbocycles. The van der Waals surface area contributed by atoms with Crippen molar-refractivity contribution in [3.8, 4) is 6.07 Å². The van der Waals surface area contributed by atoms with Crippen molar-refractivity contribution >= 4 is 6.09 Å². The zero-order valence-electron chi connectivity index (χ0n) is 7.42. The minimum Gasteiger partial charge on any atom is -0.450 e. The van der Waals surface area contributed by atoms with Crippen LogP contribution in [0.15, 0.2) is 0 Å². The van der Waals surface area contributed by atoms with E-state index in [2.05, 4.69) is 4.74 Å². The second-order valence-corrected chi connectivity index (χ2v) is 2.95. The van der Waals surface area contributed by atoms with E-state index < -0.39 is 11.8 Å². The molecule has 0 radical (unpaired) electrons. The molecule has 5 heteroatoms. The number of likely N-dealkylation sites (tertiary alicyclic amines) is 1. The Kier molecular flexibility index (Phi) is 2.71. The maximum atomic E-state index is 13.3. The zero-order valence-corrected chi connectivity index (χ0v) is 7.42. The van der Waals surface area contributed by atoms with Gasteiger partial charge in [-0.25, -0.2) is 9.18 Å². The van der Waals surface area contributed by atoms with Crippen LogP contribution in [0.1, 0.15) is 13.3 Å². The summed E-state index contributed by atoms with van der Waals surface area (Å²) < 4.78 is 18.0. The van der Waals surface area contributed by atoms with Crippen molar-refractivity contribution < 1.29 is 13.9 Å². The van der Waals surface area contributed by atoms with Gasteiger partial charge < -0.3 is 9.64 Å². The Bertz CT molecular complexity index is 251. The van der Waals surface area contributed by atoms with Gasteiger partial charge >= 0.3 is 6.09 Å². The van der Waals surface area contributed by atoms with Gasteiger partial charge in [0.05, 0.1) is 13.2 Å². The van der Waals surface area contributed by atoms with Crippen molar-refractivity contribution in [2.24, 2.45) is 0 Å². The maximum absolute atomic E-state index is 13.3. The highest BCUT2D eigenvalue weighted by atomic mass is 19.1. The van der Waals surface area contributed by atoms with Crippen LogP contribution in [0.2, 0.25) is 0 Å². The van der Waals surface area contributed by atoms with Crippen LogP contribution < -0.4 is 0 Å². The van der Waals surface area contributed by atoms with Gasteiger partial charge in [0.15, 0.2) is 0 Å². The van der Waals surface area contributed by atoms with E-state index >= 15 is 0 Å². The van der Waals surface area contributed by atoms with Crippen molar-refractivity contribution in [2.75, 3.05) is 19.7 Å². The topological polar surface area (TPSA) is 53.3 Å². The molecule has 4 nitrogen and oxygen atoms in total. The van der Waals surface area contributed by atoms with E-state index in [-0.39, 0.29) is 26.1 Å². The van der Waals surface area contributed by atoms with Gasteiger partial charge in [0.1, 0.15) is 6.07 Å². The molecule has 1 aliphatic heterocycles. The highest BCUT2D eigenvalue weighted by Crippen LogP contribution is 2.24. The van der Waals surface area contributed by atoms with E-state index in [4.69, 9.17) is 5.26 Å². The van der Waals surface area contributed by atoms with Gasteiger partial charge in [-0.3, -0.25) is 0 Å². The molecule has 0 saturated carbocycles. The first-order valence-electron chi connectivity index (χ1n) is 4.13. The molecule has 1 atom stereocenters. The summed E-state index contributed by atoms with van der Waals surface area (Å²) in [4.78, 5) is 12.3. The Morgan fingerprint density at radius 3 is 3.00 bits per heavy atom. The Balaban J connectivity index is 2.51. The first kappa shape index (κ1) is 9.78. The monoisotopic (exact) mass is 186 g/mol. The number of alkyl halides is 1. The first-order valence-corrected chi connectivity index (χ1v) is 4.13. The second-order valence-electron chi connectivity index (χ2n) is 2.95. The molecule has 0 N–H and O–H groups in total. The Hall–Kier alpha value is -1.31. The van der Waals surface area contributed by atoms with Gasteiger partial charge in [-0.1, -0.05) is 0 Å². The van der Waals surface area contributed by atoms with Crippen LogP contribution in [0, 0.1) is 11.3 Å². The van der Waals surface area contributed by atoms with Crippen molar-refractivity contribution in [2.45, 2.75) is 19.0 Å². The number of hydrogen-bond donors (Lipinski definition) is 0. The van der Waals surface area contributed by atoms with Crippen molar-refractivity contribution in [3.05, 3.63) is 0 Å². The molecule has 1 saturated heterocycles. The number of halogens is 1. The normalized spacial score (nSPS) is 27.0. The molecule has 0 aromatic carbocycles. The number of ether oxygens (including phenoxy) is 1. The minimum atomic E-state index is -1.88. The average Bonchev–Trinajstić information content (AvgIpc) is 2.50. The van der Waals surface area contributed by atoms with Gasteiger partial charge in [0.25, 0.3) is 0 Å². The van der Waals surface area contributed by atoms with E-state index in [9.17, 15) is 9.18 Å². The third kappa shape index (κ3) is 2.08. The Morgan fingerprint density at radius 2 is 2.54 bits per heavy atom. The van der Waals surface area contributed by atoms with Crippen molar-refractivity contribution in [1.29, 1.82) is 5.26 Å². The molecule has 1 fully saturated rings. The minimum absolute atomic E-state index is 0.0717. The van der Waals surface area contributed by atoms with Crippen molar-refractivity contribution in [3.63, 3.8) is 0 Å². The lowest BCUT2D eigenvalue weighted by atomic mass is 10.1. The molecule has 1 rings (SSSR count). The largest absolute Gasteiger partial charge is 0.450 e. The fraction of sp³-hybridized carbons (Fsp3) is 0.750. The SMILES string of the molecule is CCOC(=O)N1CCC(F)(C#N)C1. The van der Waals surface area contributed by atoms with E-state index in [1.54, 1.807) is 13.0 Å². The van der Waals surface area contributed by atoms with Gasteiger partial charge in [-0.15, -0.1) is 0 Å². The van der Waals surface area contributed by atoms with E-state index in [0.29, 0.717) is 0 Å². The number of carbonyl (C=O) groups is 1. The summed E-state index contributed by atoms with van der Waals surface area (Å²) in [6.45, 7) is 2.02. The fourth-order valence-electron chi connectivity index (χ4n) is 1.23. The lowest BCUT2D eigenvalue weighted by molar-refractivity contribution is 0.110. The molecule has 1 unspecified atom stereocenters. The van der Waals surface area contributed by atoms with Crippen LogP contribution in [0.3, 0.4) is 0 Å². The molecule has 1 aliphatic rings. The van der Waals surface area contributed by atoms with E-state index in [1.165, 1.54) is 4.90 Å². The lowest BCUT2D eigenvalue weighted by Gasteiger charge is -2.15. The van der Waals surface area contributed by atoms with E-state index in [0.717, 1.165) is 0 Å². The molecule has 72 valence electrons. The highest BCUT2D eigenvalue weighted by molar-refractivity contribution is 5.68. The summed E-state index contributed by atoms with van der Waals surface area (Å²) in [7, 11) is 0. The molecule has 13 heavy (non-hydrogen) atoms. The molecule has 0 spiro atoms. The summed E-state index contributed by atoms with van der Waals surface area (Å²) >= 11 is 0. The van der Waals surface area contributed by atoms with Crippen molar-refractivity contribution in [1.82, 2.24) is 4.90 Å². The Morgan fingerprint density at radius 1 is 1.85 bits per heavy atom. The predicted molar refractivity (Wildman–Crippen MR) is 42.7 cm³/mol. The zero-order chi connectivity index (χ0) is 9.90. The molecular weight excluding hydrogens is 175 g/mol. The van der Waals surface area contributed by atoms with Gasteiger partial charge in [0, 0.05) is 13.0 Å². The third-order valence-corrected chi connectivity index (χ3v) is 1.95. The molecule has 0 bridgehead atoms. The second kappa shape index (κ2) is 3.60. The molecule has 0 aromatic rings. The third-order valence-electron chi connectivity index (χ3n) is 1.95. The van der Waals surface area contributed by atoms with Crippen LogP contribution in [0.25, 0.3) is 0 Å². The fourth-order valence-corrected chi connectivity index (χ4v) is 1.23. The summed E-state index contributed by atoms with van der Waals surface area (Å²) in [6, 6.07) is 1.55. The van der Waals surface area contributed by atoms with Crippen LogP contribution in [0.4, 0.5) is 9.18 Å². The number of nitrogens with zero attached hydrogens (tertiary/aromatic N) is 2. The Labute approximate surface area is 75.9 Å². The molecule has 1 heterocycles. The average molecular weight is 186 g/mol. The predicted octanol–water partition coefficient (Wildman–Crippen LogP) is 1.08. The quantitative estimate of drug-likeness (QED) is 0.615. The number of carbonyl (C=O) groups excluding carboxylic acids is 1. The maximum Gasteiger partial charge on any atom is 0.409 e. The lowest BCUT2D eigenvalue weighted by Crippen LogP contribution is -2.33. The molecule has 0 aromatic heterocycles. The van der Waals surface area contributed by atoms with Gasteiger partial charge in [0.2, 0.25) is 5.67 Å². The van der Waals surface area contributed by atoms with Crippen LogP contribution >= 0.6 is 0 Å². The first-order chi connectivity index (χ1) is 6.11. The van der Waals surface area contributed by atoms with Crippen LogP contribution in [0.5, 0.6) is 0 Å². The summed E-state index contributed by atoms with van der Waals surface area (Å²) in [5, 5.41) is 8.45.